The van der Waals surface area contributed by atoms with Crippen LogP contribution in [0.25, 0.3) is 0 Å². The number of esters is 1. The third kappa shape index (κ3) is 5.31. The van der Waals surface area contributed by atoms with Gasteiger partial charge in [0.1, 0.15) is 18.3 Å². The second kappa shape index (κ2) is 11.9. The zero-order valence-corrected chi connectivity index (χ0v) is 28.4. The molecule has 278 valence electrons. The molecule has 4 amide bonds. The Morgan fingerprint density at radius 1 is 1.02 bits per heavy atom. The summed E-state index contributed by atoms with van der Waals surface area (Å²) in [5, 5.41) is 46.3. The number of aliphatic carboxylic acids is 2. The van der Waals surface area contributed by atoms with Crippen molar-refractivity contribution in [1.82, 2.24) is 24.6 Å². The first-order valence-electron chi connectivity index (χ1n) is 15.9. The highest BCUT2D eigenvalue weighted by Crippen LogP contribution is 2.58. The smallest absolute Gasteiger partial charge is 0.377 e. The number of phenols is 2. The molecule has 5 aliphatic rings. The van der Waals surface area contributed by atoms with Gasteiger partial charge >= 0.3 is 23.6 Å². The number of fused-ring (bicyclic) bond motifs is 3. The minimum Gasteiger partial charge on any atom is -0.504 e. The van der Waals surface area contributed by atoms with E-state index in [1.54, 1.807) is 0 Å². The maximum atomic E-state index is 13.7. The van der Waals surface area contributed by atoms with Crippen LogP contribution in [0.5, 0.6) is 11.5 Å². The minimum absolute atomic E-state index is 0.00301. The van der Waals surface area contributed by atoms with E-state index in [1.807, 2.05) is 0 Å². The number of amides is 4. The van der Waals surface area contributed by atoms with Gasteiger partial charge in [-0.05, 0) is 42.2 Å². The van der Waals surface area contributed by atoms with Gasteiger partial charge in [-0.2, -0.15) is 14.4 Å². The summed E-state index contributed by atoms with van der Waals surface area (Å²) in [7, 11) is 0. The monoisotopic (exact) mass is 755 g/mol. The van der Waals surface area contributed by atoms with Crippen LogP contribution in [0, 0.1) is 17.3 Å². The first-order valence-corrected chi connectivity index (χ1v) is 16.7. The van der Waals surface area contributed by atoms with Crippen molar-refractivity contribution >= 4 is 63.9 Å². The second-order valence-corrected chi connectivity index (χ2v) is 14.5. The van der Waals surface area contributed by atoms with Crippen LogP contribution < -0.4 is 11.1 Å². The van der Waals surface area contributed by atoms with Gasteiger partial charge in [-0.25, -0.2) is 19.3 Å². The van der Waals surface area contributed by atoms with Crippen LogP contribution in [0.1, 0.15) is 66.1 Å². The van der Waals surface area contributed by atoms with Gasteiger partial charge in [-0.15, -0.1) is 0 Å². The SMILES string of the molecule is CC1(C)C2CCC1CC(O/N=C(\C(=O)N[C@H]1CON(C3(C(=O)O)C=C(N4C(=O)c5cc(O)c(O)cc5C4=O)C(=O)O3)C1=O)c1nsc(N)n1)(C(=O)O)C2. The number of carbonyl (C=O) groups is 7. The van der Waals surface area contributed by atoms with E-state index in [9.17, 15) is 54.0 Å². The molecule has 2 aliphatic carbocycles. The van der Waals surface area contributed by atoms with Gasteiger partial charge < -0.3 is 41.1 Å². The molecular weight excluding hydrogens is 726 g/mol. The molecule has 22 heteroatoms. The highest BCUT2D eigenvalue weighted by molar-refractivity contribution is 7.09. The normalized spacial score (nSPS) is 28.9. The third-order valence-corrected chi connectivity index (χ3v) is 11.0. The molecule has 2 bridgehead atoms. The molecule has 53 heavy (non-hydrogen) atoms. The number of imide groups is 1. The number of nitrogen functional groups attached to an aromatic ring is 1. The maximum Gasteiger partial charge on any atom is 0.377 e. The molecule has 2 saturated carbocycles. The van der Waals surface area contributed by atoms with Gasteiger partial charge in [0.25, 0.3) is 23.6 Å². The Labute approximate surface area is 300 Å². The number of carboxylic acid groups (broad SMARTS) is 2. The zero-order valence-electron chi connectivity index (χ0n) is 27.6. The van der Waals surface area contributed by atoms with Gasteiger partial charge in [0, 0.05) is 30.5 Å². The number of phenolic OH excluding ortho intramolecular Hbond substituents is 2. The Bertz CT molecular complexity index is 2050. The fourth-order valence-electron chi connectivity index (χ4n) is 7.44. The number of anilines is 1. The van der Waals surface area contributed by atoms with E-state index >= 15 is 0 Å². The Kier molecular flexibility index (Phi) is 7.95. The summed E-state index contributed by atoms with van der Waals surface area (Å²) in [5.74, 6) is -11.5. The molecule has 3 aliphatic heterocycles. The van der Waals surface area contributed by atoms with Crippen molar-refractivity contribution in [2.24, 2.45) is 22.4 Å². The molecule has 1 aromatic carbocycles. The van der Waals surface area contributed by atoms with Crippen LogP contribution in [0.4, 0.5) is 5.13 Å². The fraction of sp³-hybridized carbons (Fsp3) is 0.419. The lowest BCUT2D eigenvalue weighted by Crippen LogP contribution is -2.56. The summed E-state index contributed by atoms with van der Waals surface area (Å²) in [6.07, 6.45) is 2.27. The lowest BCUT2D eigenvalue weighted by Gasteiger charge is -2.44. The number of carbonyl (C=O) groups excluding carboxylic acids is 5. The van der Waals surface area contributed by atoms with E-state index < -0.39 is 99.5 Å². The Hall–Kier alpha value is -6.16. The van der Waals surface area contributed by atoms with Crippen LogP contribution >= 0.6 is 11.5 Å². The van der Waals surface area contributed by atoms with Gasteiger partial charge in [0.2, 0.25) is 17.1 Å². The molecule has 4 heterocycles. The Balaban J connectivity index is 1.14. The zero-order chi connectivity index (χ0) is 38.4. The predicted octanol–water partition coefficient (Wildman–Crippen LogP) is -0.302. The number of carboxylic acids is 2. The number of ether oxygens (including phenoxy) is 1. The van der Waals surface area contributed by atoms with E-state index in [0.717, 1.165) is 25.0 Å². The molecule has 21 nitrogen and oxygen atoms in total. The maximum absolute atomic E-state index is 13.7. The van der Waals surface area contributed by atoms with Crippen LogP contribution in [0.2, 0.25) is 0 Å². The van der Waals surface area contributed by atoms with Crippen molar-refractivity contribution in [1.29, 1.82) is 0 Å². The number of aromatic nitrogens is 2. The number of hydrogen-bond acceptors (Lipinski definition) is 17. The minimum atomic E-state index is -3.09. The fourth-order valence-corrected chi connectivity index (χ4v) is 7.87. The van der Waals surface area contributed by atoms with Crippen molar-refractivity contribution in [3.63, 3.8) is 0 Å². The first-order chi connectivity index (χ1) is 24.9. The third-order valence-electron chi connectivity index (χ3n) is 10.5. The molecule has 4 atom stereocenters. The number of cyclic esters (lactones) is 1. The highest BCUT2D eigenvalue weighted by atomic mass is 32.1. The topological polar surface area (TPSA) is 311 Å². The van der Waals surface area contributed by atoms with E-state index in [-0.39, 0.29) is 51.0 Å². The van der Waals surface area contributed by atoms with Gasteiger partial charge in [-0.3, -0.25) is 24.0 Å². The van der Waals surface area contributed by atoms with E-state index in [0.29, 0.717) is 17.6 Å². The number of benzene rings is 1. The predicted molar refractivity (Wildman–Crippen MR) is 171 cm³/mol. The molecule has 3 unspecified atom stereocenters. The summed E-state index contributed by atoms with van der Waals surface area (Å²) < 4.78 is 9.00. The standard InChI is InChI=1S/C31H29N7O14S/c1-29(2)11-3-4-12(29)8-30(7-11,26(46)47)52-35-19(20-34-28(32)53-36-20)21(41)33-15-10-50-38(24(15)44)31(27(48)49)9-16(25(45)51-31)37-22(42)13-5-17(39)18(40)6-14(13)23(37)43/h5-6,9,11-12,15,39-40H,3-4,7-8,10H2,1-2H3,(H,33,41)(H,46,47)(H,48,49)(H2,32,34,36)/b35-19-/t11?,12?,15-,30?,31?/m0/s1. The highest BCUT2D eigenvalue weighted by Gasteiger charge is 2.62. The summed E-state index contributed by atoms with van der Waals surface area (Å²) in [6, 6.07) is -0.132. The Morgan fingerprint density at radius 3 is 2.15 bits per heavy atom. The average molecular weight is 756 g/mol. The Morgan fingerprint density at radius 2 is 1.62 bits per heavy atom. The molecule has 1 aromatic heterocycles. The largest absolute Gasteiger partial charge is 0.504 e. The summed E-state index contributed by atoms with van der Waals surface area (Å²) in [5.41, 5.74) is -1.73. The number of nitrogens with two attached hydrogens (primary N) is 1. The number of hydroxylamine groups is 2. The van der Waals surface area contributed by atoms with Crippen molar-refractivity contribution in [2.75, 3.05) is 12.3 Å². The number of nitrogens with one attached hydrogen (secondary N) is 1. The van der Waals surface area contributed by atoms with Crippen LogP contribution in [0.3, 0.4) is 0 Å². The van der Waals surface area contributed by atoms with Crippen molar-refractivity contribution < 1.29 is 68.4 Å². The van der Waals surface area contributed by atoms with Crippen molar-refractivity contribution in [3.8, 4) is 11.5 Å². The number of hydrogen-bond donors (Lipinski definition) is 6. The molecule has 7 rings (SSSR count). The van der Waals surface area contributed by atoms with Crippen LogP contribution in [-0.4, -0.2) is 111 Å². The van der Waals surface area contributed by atoms with Gasteiger partial charge in [0.15, 0.2) is 16.6 Å². The van der Waals surface area contributed by atoms with Gasteiger partial charge in [-0.1, -0.05) is 19.0 Å². The quantitative estimate of drug-likeness (QED) is 0.0629. The van der Waals surface area contributed by atoms with Crippen LogP contribution in [0.15, 0.2) is 29.1 Å². The summed E-state index contributed by atoms with van der Waals surface area (Å²) in [6.45, 7) is 3.40. The molecule has 2 aromatic rings. The number of rotatable bonds is 9. The molecule has 1 saturated heterocycles. The van der Waals surface area contributed by atoms with Crippen molar-refractivity contribution in [3.05, 3.63) is 40.9 Å². The lowest BCUT2D eigenvalue weighted by atomic mass is 9.63. The number of oxime groups is 1. The summed E-state index contributed by atoms with van der Waals surface area (Å²) >= 11 is 0.686. The lowest BCUT2D eigenvalue weighted by molar-refractivity contribution is -0.246. The average Bonchev–Trinajstić information content (AvgIpc) is 3.84. The summed E-state index contributed by atoms with van der Waals surface area (Å²) in [4.78, 5) is 107. The van der Waals surface area contributed by atoms with Gasteiger partial charge in [0.05, 0.1) is 11.1 Å². The van der Waals surface area contributed by atoms with Crippen LogP contribution in [-0.2, 0) is 38.4 Å². The number of nitrogens with zero attached hydrogens (tertiary/aromatic N) is 5. The van der Waals surface area contributed by atoms with E-state index in [1.165, 1.54) is 0 Å². The van der Waals surface area contributed by atoms with E-state index in [2.05, 4.69) is 33.7 Å². The molecule has 0 radical (unpaired) electrons. The number of aromatic hydroxyl groups is 2. The molecule has 0 spiro atoms. The molecular formula is C31H29N7O14S. The van der Waals surface area contributed by atoms with Crippen molar-refractivity contribution in [2.45, 2.75) is 56.9 Å². The second-order valence-electron chi connectivity index (χ2n) is 13.7. The molecule has 3 fully saturated rings. The van der Waals surface area contributed by atoms with E-state index in [4.69, 9.17) is 20.1 Å². The molecule has 7 N–H and O–H groups in total. The first kappa shape index (κ1) is 35.3.